The molecule has 30 heavy (non-hydrogen) atoms. The van der Waals surface area contributed by atoms with Crippen molar-refractivity contribution < 1.29 is 17.9 Å². The third-order valence-electron chi connectivity index (χ3n) is 4.76. The lowest BCUT2D eigenvalue weighted by Crippen LogP contribution is -2.40. The van der Waals surface area contributed by atoms with Gasteiger partial charge in [0, 0.05) is 35.9 Å². The van der Waals surface area contributed by atoms with Crippen molar-refractivity contribution in [2.24, 2.45) is 0 Å². The van der Waals surface area contributed by atoms with E-state index in [-0.39, 0.29) is 22.6 Å². The number of rotatable bonds is 6. The fourth-order valence-corrected chi connectivity index (χ4v) is 5.11. The summed E-state index contributed by atoms with van der Waals surface area (Å²) in [5, 5.41) is 3.44. The number of carbonyl (C=O) groups excluding carboxylic acids is 1. The summed E-state index contributed by atoms with van der Waals surface area (Å²) in [6.45, 7) is 6.45. The minimum atomic E-state index is -3.85. The number of anilines is 1. The number of amides is 1. The van der Waals surface area contributed by atoms with E-state index in [9.17, 15) is 13.2 Å². The maximum Gasteiger partial charge on any atom is 0.253 e. The summed E-state index contributed by atoms with van der Waals surface area (Å²) in [5.74, 6) is 0.00978. The second-order valence-corrected chi connectivity index (χ2v) is 10.1. The molecule has 7 nitrogen and oxygen atoms in total. The van der Waals surface area contributed by atoms with E-state index in [0.29, 0.717) is 18.7 Å². The molecule has 0 aromatic heterocycles. The molecule has 1 atom stereocenters. The fourth-order valence-electron chi connectivity index (χ4n) is 3.49. The van der Waals surface area contributed by atoms with Crippen molar-refractivity contribution in [3.63, 3.8) is 0 Å². The zero-order chi connectivity index (χ0) is 21.9. The van der Waals surface area contributed by atoms with E-state index in [4.69, 9.17) is 4.74 Å². The normalized spacial score (nSPS) is 17.1. The Balaban J connectivity index is 1.78. The van der Waals surface area contributed by atoms with Crippen LogP contribution in [0.15, 0.2) is 53.4 Å². The highest BCUT2D eigenvalue weighted by molar-refractivity contribution is 7.89. The fraction of sp³-hybridized carbons (Fsp3) is 0.409. The first-order valence-corrected chi connectivity index (χ1v) is 11.4. The number of hydrogen-bond donors (Lipinski definition) is 2. The Labute approximate surface area is 178 Å². The van der Waals surface area contributed by atoms with Gasteiger partial charge in [-0.3, -0.25) is 4.79 Å². The summed E-state index contributed by atoms with van der Waals surface area (Å²) in [5.41, 5.74) is 0.683. The number of ether oxygens (including phenoxy) is 1. The van der Waals surface area contributed by atoms with Gasteiger partial charge in [0.25, 0.3) is 5.91 Å². The van der Waals surface area contributed by atoms with Crippen LogP contribution < -0.4 is 14.8 Å². The Kier molecular flexibility index (Phi) is 6.38. The van der Waals surface area contributed by atoms with Crippen LogP contribution in [-0.2, 0) is 10.0 Å². The molecule has 1 amide bonds. The lowest BCUT2D eigenvalue weighted by atomic mass is 10.1. The van der Waals surface area contributed by atoms with E-state index in [0.717, 1.165) is 12.1 Å². The third-order valence-corrected chi connectivity index (χ3v) is 6.54. The monoisotopic (exact) mass is 431 g/mol. The Morgan fingerprint density at radius 3 is 2.47 bits per heavy atom. The van der Waals surface area contributed by atoms with Crippen molar-refractivity contribution >= 4 is 21.6 Å². The number of para-hydroxylation sites is 1. The van der Waals surface area contributed by atoms with E-state index in [1.54, 1.807) is 31.7 Å². The number of carbonyl (C=O) groups is 1. The number of benzene rings is 2. The van der Waals surface area contributed by atoms with E-state index < -0.39 is 15.6 Å². The van der Waals surface area contributed by atoms with E-state index in [1.807, 2.05) is 30.3 Å². The standard InChI is InChI=1S/C22H29N3O4S/c1-22(2,3)24-30(27,28)20-14-16(10-11-19(20)29-4)21(26)25-13-12-18(15-25)23-17-8-6-5-7-9-17/h5-11,14,18,23-24H,12-13,15H2,1-4H3. The molecule has 1 fully saturated rings. The summed E-state index contributed by atoms with van der Waals surface area (Å²) >= 11 is 0. The maximum atomic E-state index is 13.1. The molecule has 0 saturated carbocycles. The van der Waals surface area contributed by atoms with Crippen LogP contribution in [0.5, 0.6) is 5.75 Å². The highest BCUT2D eigenvalue weighted by Crippen LogP contribution is 2.27. The van der Waals surface area contributed by atoms with E-state index >= 15 is 0 Å². The Hall–Kier alpha value is -2.58. The number of nitrogens with one attached hydrogen (secondary N) is 2. The van der Waals surface area contributed by atoms with Gasteiger partial charge < -0.3 is 15.0 Å². The Morgan fingerprint density at radius 2 is 1.83 bits per heavy atom. The van der Waals surface area contributed by atoms with Gasteiger partial charge in [-0.05, 0) is 57.5 Å². The highest BCUT2D eigenvalue weighted by atomic mass is 32.2. The molecule has 1 heterocycles. The molecular weight excluding hydrogens is 402 g/mol. The molecule has 1 aliphatic heterocycles. The van der Waals surface area contributed by atoms with Crippen molar-refractivity contribution in [1.82, 2.24) is 9.62 Å². The van der Waals surface area contributed by atoms with Crippen LogP contribution in [0.2, 0.25) is 0 Å². The minimum Gasteiger partial charge on any atom is -0.495 e. The topological polar surface area (TPSA) is 87.7 Å². The van der Waals surface area contributed by atoms with Crippen molar-refractivity contribution in [2.45, 2.75) is 43.7 Å². The van der Waals surface area contributed by atoms with Crippen molar-refractivity contribution in [1.29, 1.82) is 0 Å². The van der Waals surface area contributed by atoms with Crippen LogP contribution in [0.25, 0.3) is 0 Å². The molecule has 0 spiro atoms. The predicted molar refractivity (Wildman–Crippen MR) is 117 cm³/mol. The van der Waals surface area contributed by atoms with Gasteiger partial charge in [0.15, 0.2) is 0 Å². The predicted octanol–water partition coefficient (Wildman–Crippen LogP) is 3.10. The summed E-state index contributed by atoms with van der Waals surface area (Å²) in [4.78, 5) is 14.8. The SMILES string of the molecule is COc1ccc(C(=O)N2CCC(Nc3ccccc3)C2)cc1S(=O)(=O)NC(C)(C)C. The van der Waals surface area contributed by atoms with Crippen molar-refractivity contribution in [3.05, 3.63) is 54.1 Å². The van der Waals surface area contributed by atoms with Crippen LogP contribution in [0.4, 0.5) is 5.69 Å². The molecule has 2 N–H and O–H groups in total. The van der Waals surface area contributed by atoms with Gasteiger partial charge in [-0.2, -0.15) is 0 Å². The van der Waals surface area contributed by atoms with Crippen LogP contribution in [-0.4, -0.2) is 51.0 Å². The van der Waals surface area contributed by atoms with Gasteiger partial charge >= 0.3 is 0 Å². The maximum absolute atomic E-state index is 13.1. The van der Waals surface area contributed by atoms with Crippen LogP contribution in [0.3, 0.4) is 0 Å². The lowest BCUT2D eigenvalue weighted by Gasteiger charge is -2.22. The average Bonchev–Trinajstić information content (AvgIpc) is 3.14. The molecule has 162 valence electrons. The third kappa shape index (κ3) is 5.31. The van der Waals surface area contributed by atoms with Crippen LogP contribution in [0, 0.1) is 0 Å². The van der Waals surface area contributed by atoms with Gasteiger partial charge in [-0.15, -0.1) is 0 Å². The molecule has 1 aliphatic rings. The first kappa shape index (κ1) is 22.1. The number of hydrogen-bond acceptors (Lipinski definition) is 5. The molecule has 3 rings (SSSR count). The number of methoxy groups -OCH3 is 1. The smallest absolute Gasteiger partial charge is 0.253 e. The molecule has 0 radical (unpaired) electrons. The van der Waals surface area contributed by atoms with Gasteiger partial charge in [-0.25, -0.2) is 13.1 Å². The molecule has 0 bridgehead atoms. The van der Waals surface area contributed by atoms with Gasteiger partial charge in [0.05, 0.1) is 7.11 Å². The van der Waals surface area contributed by atoms with E-state index in [1.165, 1.54) is 19.2 Å². The van der Waals surface area contributed by atoms with Crippen LogP contribution in [0.1, 0.15) is 37.6 Å². The number of nitrogens with zero attached hydrogens (tertiary/aromatic N) is 1. The zero-order valence-corrected chi connectivity index (χ0v) is 18.6. The Bertz CT molecular complexity index is 1000. The number of likely N-dealkylation sites (tertiary alicyclic amines) is 1. The first-order valence-electron chi connectivity index (χ1n) is 9.92. The average molecular weight is 432 g/mol. The molecule has 1 saturated heterocycles. The molecule has 8 heteroatoms. The highest BCUT2D eigenvalue weighted by Gasteiger charge is 2.30. The number of sulfonamides is 1. The van der Waals surface area contributed by atoms with Gasteiger partial charge in [0.1, 0.15) is 10.6 Å². The zero-order valence-electron chi connectivity index (χ0n) is 17.8. The van der Waals surface area contributed by atoms with Crippen molar-refractivity contribution in [2.75, 3.05) is 25.5 Å². The van der Waals surface area contributed by atoms with Gasteiger partial charge in [-0.1, -0.05) is 18.2 Å². The quantitative estimate of drug-likeness (QED) is 0.734. The van der Waals surface area contributed by atoms with Crippen molar-refractivity contribution in [3.8, 4) is 5.75 Å². The summed E-state index contributed by atoms with van der Waals surface area (Å²) in [6.07, 6.45) is 0.827. The first-order chi connectivity index (χ1) is 14.1. The summed E-state index contributed by atoms with van der Waals surface area (Å²) < 4.78 is 33.6. The lowest BCUT2D eigenvalue weighted by molar-refractivity contribution is 0.0791. The minimum absolute atomic E-state index is 0.0380. The summed E-state index contributed by atoms with van der Waals surface area (Å²) in [6, 6.07) is 14.6. The second-order valence-electron chi connectivity index (χ2n) is 8.47. The van der Waals surface area contributed by atoms with Gasteiger partial charge in [0.2, 0.25) is 10.0 Å². The molecule has 1 unspecified atom stereocenters. The van der Waals surface area contributed by atoms with E-state index in [2.05, 4.69) is 10.0 Å². The largest absolute Gasteiger partial charge is 0.495 e. The molecule has 0 aliphatic carbocycles. The second kappa shape index (κ2) is 8.65. The Morgan fingerprint density at radius 1 is 1.13 bits per heavy atom. The summed E-state index contributed by atoms with van der Waals surface area (Å²) in [7, 11) is -2.44. The van der Waals surface area contributed by atoms with Crippen LogP contribution >= 0.6 is 0 Å². The molecule has 2 aromatic carbocycles. The molecule has 2 aromatic rings. The molecular formula is C22H29N3O4S.